The molecule has 0 atom stereocenters. The second kappa shape index (κ2) is 7.89. The number of rotatable bonds is 5. The molecule has 0 radical (unpaired) electrons. The maximum atomic E-state index is 13.7. The summed E-state index contributed by atoms with van der Waals surface area (Å²) in [5, 5.41) is 4.06. The van der Waals surface area contributed by atoms with Crippen LogP contribution in [-0.2, 0) is 6.61 Å². The molecule has 0 fully saturated rings. The number of carbonyl (C=O) groups is 1. The first-order valence-corrected chi connectivity index (χ1v) is 8.82. The average Bonchev–Trinajstić information content (AvgIpc) is 2.65. The number of nitrogens with zero attached hydrogens (tertiary/aromatic N) is 2. The fourth-order valence-electron chi connectivity index (χ4n) is 2.47. The number of benzene rings is 2. The Morgan fingerprint density at radius 2 is 2.00 bits per heavy atom. The van der Waals surface area contributed by atoms with Gasteiger partial charge in [-0.1, -0.05) is 6.07 Å². The van der Waals surface area contributed by atoms with Crippen LogP contribution in [0.25, 0.3) is 5.69 Å². The summed E-state index contributed by atoms with van der Waals surface area (Å²) in [6, 6.07) is 7.79. The van der Waals surface area contributed by atoms with Crippen LogP contribution in [0.2, 0.25) is 0 Å². The van der Waals surface area contributed by atoms with E-state index >= 15 is 0 Å². The van der Waals surface area contributed by atoms with Gasteiger partial charge in [-0.2, -0.15) is 9.78 Å². The van der Waals surface area contributed by atoms with Gasteiger partial charge in [0.2, 0.25) is 5.91 Å². The van der Waals surface area contributed by atoms with Crippen molar-refractivity contribution in [1.29, 1.82) is 0 Å². The number of aromatic nitrogens is 2. The number of aryl methyl sites for hydroxylation is 1. The van der Waals surface area contributed by atoms with E-state index in [9.17, 15) is 18.4 Å². The average molecular weight is 450 g/mol. The highest BCUT2D eigenvalue weighted by Gasteiger charge is 2.15. The lowest BCUT2D eigenvalue weighted by Gasteiger charge is -2.12. The zero-order valence-electron chi connectivity index (χ0n) is 14.6. The van der Waals surface area contributed by atoms with Crippen molar-refractivity contribution in [2.45, 2.75) is 13.5 Å². The molecule has 28 heavy (non-hydrogen) atoms. The van der Waals surface area contributed by atoms with Gasteiger partial charge >= 0.3 is 0 Å². The zero-order chi connectivity index (χ0) is 20.4. The molecule has 144 valence electrons. The van der Waals surface area contributed by atoms with Crippen molar-refractivity contribution >= 4 is 21.8 Å². The molecule has 1 heterocycles. The Kier molecular flexibility index (Phi) is 5.55. The van der Waals surface area contributed by atoms with Gasteiger partial charge in [-0.3, -0.25) is 9.59 Å². The molecule has 0 saturated carbocycles. The topological polar surface area (TPSA) is 87.2 Å². The molecule has 0 aliphatic carbocycles. The van der Waals surface area contributed by atoms with Crippen LogP contribution in [0.3, 0.4) is 0 Å². The maximum absolute atomic E-state index is 13.7. The fraction of sp³-hybridized carbons (Fsp3) is 0.105. The van der Waals surface area contributed by atoms with E-state index in [0.717, 1.165) is 16.8 Å². The molecule has 1 aromatic heterocycles. The Morgan fingerprint density at radius 1 is 1.25 bits per heavy atom. The fourth-order valence-corrected chi connectivity index (χ4v) is 2.86. The van der Waals surface area contributed by atoms with E-state index in [1.807, 2.05) is 0 Å². The molecule has 0 aliphatic rings. The standard InChI is InChI=1S/C19H14BrF2N3O3/c1-10-2-3-11(18(23)26)6-15(10)25-19(27)17(20)16(8-24-25)28-9-12-4-5-13(21)7-14(12)22/h2-8H,9H2,1H3,(H2,23,26). The van der Waals surface area contributed by atoms with Crippen LogP contribution in [0.5, 0.6) is 5.75 Å². The van der Waals surface area contributed by atoms with Crippen LogP contribution < -0.4 is 16.0 Å². The molecule has 0 unspecified atom stereocenters. The van der Waals surface area contributed by atoms with Crippen LogP contribution in [0.1, 0.15) is 21.5 Å². The highest BCUT2D eigenvalue weighted by Crippen LogP contribution is 2.23. The third kappa shape index (κ3) is 3.94. The normalized spacial score (nSPS) is 10.7. The van der Waals surface area contributed by atoms with E-state index in [4.69, 9.17) is 10.5 Å². The molecule has 0 bridgehead atoms. The quantitative estimate of drug-likeness (QED) is 0.647. The van der Waals surface area contributed by atoms with Gasteiger partial charge in [0.1, 0.15) is 22.7 Å². The molecule has 0 spiro atoms. The molecule has 0 saturated heterocycles. The molecule has 1 amide bonds. The van der Waals surface area contributed by atoms with Crippen molar-refractivity contribution in [2.75, 3.05) is 0 Å². The monoisotopic (exact) mass is 449 g/mol. The Hall–Kier alpha value is -3.07. The van der Waals surface area contributed by atoms with Crippen LogP contribution in [0.4, 0.5) is 8.78 Å². The molecule has 2 aromatic carbocycles. The number of hydrogen-bond acceptors (Lipinski definition) is 4. The summed E-state index contributed by atoms with van der Waals surface area (Å²) in [6.45, 7) is 1.54. The minimum absolute atomic E-state index is 0.0638. The Labute approximate surface area is 166 Å². The number of amides is 1. The highest BCUT2D eigenvalue weighted by atomic mass is 79.9. The number of carbonyl (C=O) groups excluding carboxylic acids is 1. The van der Waals surface area contributed by atoms with Crippen molar-refractivity contribution < 1.29 is 18.3 Å². The molecule has 0 aliphatic heterocycles. The summed E-state index contributed by atoms with van der Waals surface area (Å²) >= 11 is 3.16. The van der Waals surface area contributed by atoms with Crippen LogP contribution >= 0.6 is 15.9 Å². The van der Waals surface area contributed by atoms with Gasteiger partial charge in [0.25, 0.3) is 5.56 Å². The second-order valence-electron chi connectivity index (χ2n) is 5.93. The lowest BCUT2D eigenvalue weighted by molar-refractivity contribution is 0.1000. The van der Waals surface area contributed by atoms with Crippen LogP contribution in [-0.4, -0.2) is 15.7 Å². The molecular weight excluding hydrogens is 436 g/mol. The van der Waals surface area contributed by atoms with E-state index in [1.54, 1.807) is 19.1 Å². The summed E-state index contributed by atoms with van der Waals surface area (Å²) in [6.07, 6.45) is 1.28. The molecule has 3 aromatic rings. The Bertz CT molecular complexity index is 1130. The van der Waals surface area contributed by atoms with Gasteiger partial charge in [0.15, 0.2) is 5.75 Å². The van der Waals surface area contributed by atoms with Gasteiger partial charge in [-0.25, -0.2) is 8.78 Å². The number of hydrogen-bond donors (Lipinski definition) is 1. The summed E-state index contributed by atoms with van der Waals surface area (Å²) in [5.41, 5.74) is 6.20. The van der Waals surface area contributed by atoms with Gasteiger partial charge in [-0.05, 0) is 52.7 Å². The molecule has 3 rings (SSSR count). The van der Waals surface area contributed by atoms with E-state index in [1.165, 1.54) is 18.3 Å². The third-order valence-corrected chi connectivity index (χ3v) is 4.74. The predicted octanol–water partition coefficient (Wildman–Crippen LogP) is 3.26. The number of primary amides is 1. The van der Waals surface area contributed by atoms with Crippen molar-refractivity contribution in [3.63, 3.8) is 0 Å². The van der Waals surface area contributed by atoms with Gasteiger partial charge in [0, 0.05) is 17.2 Å². The summed E-state index contributed by atoms with van der Waals surface area (Å²) in [5.74, 6) is -1.99. The second-order valence-corrected chi connectivity index (χ2v) is 6.72. The Balaban J connectivity index is 1.93. The number of halogens is 3. The SMILES string of the molecule is Cc1ccc(C(N)=O)cc1-n1ncc(OCc2ccc(F)cc2F)c(Br)c1=O. The van der Waals surface area contributed by atoms with Crippen molar-refractivity contribution in [1.82, 2.24) is 9.78 Å². The number of ether oxygens (including phenoxy) is 1. The molecular formula is C19H14BrF2N3O3. The molecule has 2 N–H and O–H groups in total. The smallest absolute Gasteiger partial charge is 0.289 e. The summed E-state index contributed by atoms with van der Waals surface area (Å²) in [4.78, 5) is 24.1. The van der Waals surface area contributed by atoms with Gasteiger partial charge in [-0.15, -0.1) is 0 Å². The first-order chi connectivity index (χ1) is 13.3. The van der Waals surface area contributed by atoms with Crippen LogP contribution in [0, 0.1) is 18.6 Å². The predicted molar refractivity (Wildman–Crippen MR) is 101 cm³/mol. The maximum Gasteiger partial charge on any atom is 0.289 e. The van der Waals surface area contributed by atoms with E-state index in [2.05, 4.69) is 21.0 Å². The van der Waals surface area contributed by atoms with Crippen molar-refractivity contribution in [3.05, 3.63) is 85.7 Å². The molecule has 9 heteroatoms. The first kappa shape index (κ1) is 19.7. The largest absolute Gasteiger partial charge is 0.486 e. The van der Waals surface area contributed by atoms with E-state index in [-0.39, 0.29) is 28.0 Å². The third-order valence-electron chi connectivity index (χ3n) is 4.01. The lowest BCUT2D eigenvalue weighted by Crippen LogP contribution is -2.23. The minimum Gasteiger partial charge on any atom is -0.486 e. The van der Waals surface area contributed by atoms with Crippen molar-refractivity contribution in [2.24, 2.45) is 5.73 Å². The Morgan fingerprint density at radius 3 is 2.68 bits per heavy atom. The van der Waals surface area contributed by atoms with Gasteiger partial charge in [0.05, 0.1) is 11.9 Å². The summed E-state index contributed by atoms with van der Waals surface area (Å²) in [7, 11) is 0. The van der Waals surface area contributed by atoms with Crippen molar-refractivity contribution in [3.8, 4) is 11.4 Å². The lowest BCUT2D eigenvalue weighted by atomic mass is 10.1. The first-order valence-electron chi connectivity index (χ1n) is 8.03. The van der Waals surface area contributed by atoms with Crippen LogP contribution in [0.15, 0.2) is 51.9 Å². The highest BCUT2D eigenvalue weighted by molar-refractivity contribution is 9.10. The van der Waals surface area contributed by atoms with Gasteiger partial charge < -0.3 is 10.5 Å². The zero-order valence-corrected chi connectivity index (χ0v) is 16.2. The number of nitrogens with two attached hydrogens (primary N) is 1. The van der Waals surface area contributed by atoms with E-state index < -0.39 is 23.1 Å². The summed E-state index contributed by atoms with van der Waals surface area (Å²) < 4.78 is 33.3. The minimum atomic E-state index is -0.753. The van der Waals surface area contributed by atoms with E-state index in [0.29, 0.717) is 11.3 Å². The molecule has 6 nitrogen and oxygen atoms in total.